The third-order valence-corrected chi connectivity index (χ3v) is 13.9. The van der Waals surface area contributed by atoms with Gasteiger partial charge in [0.05, 0.1) is 0 Å². The minimum atomic E-state index is 1.22. The maximum Gasteiger partial charge on any atom is -0.000697 e. The first-order valence-corrected chi connectivity index (χ1v) is 21.7. The van der Waals surface area contributed by atoms with Crippen molar-refractivity contribution in [3.63, 3.8) is 0 Å². The predicted octanol–water partition coefficient (Wildman–Crippen LogP) is 17.6. The van der Waals surface area contributed by atoms with Crippen LogP contribution in [-0.2, 0) is 0 Å². The SMILES string of the molecule is c1ccc(-c2cccc(-c3c4cc5c6ccccc6c6cccc(c4c(-c4cccc(-c7ccccc7)c4)c4c7cc8ccc9ccccc9c8c8cccc(c34)c78)c65)c2)cc1. The van der Waals surface area contributed by atoms with E-state index in [0.717, 1.165) is 0 Å². The highest BCUT2D eigenvalue weighted by atomic mass is 14.3. The molecule has 0 spiro atoms. The average molecular weight is 781 g/mol. The summed E-state index contributed by atoms with van der Waals surface area (Å²) in [6.45, 7) is 0. The fraction of sp³-hybridized carbons (Fsp3) is 0. The Kier molecular flexibility index (Phi) is 6.92. The van der Waals surface area contributed by atoms with E-state index in [9.17, 15) is 0 Å². The Morgan fingerprint density at radius 1 is 0.161 bits per heavy atom. The lowest BCUT2D eigenvalue weighted by Crippen LogP contribution is -1.92. The van der Waals surface area contributed by atoms with E-state index in [4.69, 9.17) is 0 Å². The molecule has 0 radical (unpaired) electrons. The molecule has 0 atom stereocenters. The van der Waals surface area contributed by atoms with Gasteiger partial charge in [-0.25, -0.2) is 0 Å². The minimum Gasteiger partial charge on any atom is -0.0622 e. The zero-order chi connectivity index (χ0) is 40.5. The Balaban J connectivity index is 1.27. The number of fused-ring (bicyclic) bond motifs is 12. The first kappa shape index (κ1) is 33.7. The van der Waals surface area contributed by atoms with E-state index in [0.29, 0.717) is 0 Å². The lowest BCUT2D eigenvalue weighted by molar-refractivity contribution is 1.61. The van der Waals surface area contributed by atoms with Crippen LogP contribution in [0, 0.1) is 0 Å². The molecule has 0 N–H and O–H groups in total. The first-order valence-electron chi connectivity index (χ1n) is 21.7. The summed E-state index contributed by atoms with van der Waals surface area (Å²) in [6, 6.07) is 81.9. The molecular formula is C62H36. The Morgan fingerprint density at radius 2 is 0.613 bits per heavy atom. The van der Waals surface area contributed by atoms with Crippen molar-refractivity contribution in [2.24, 2.45) is 0 Å². The largest absolute Gasteiger partial charge is 0.0622 e. The molecule has 0 unspecified atom stereocenters. The van der Waals surface area contributed by atoms with E-state index in [1.807, 2.05) is 0 Å². The van der Waals surface area contributed by atoms with Gasteiger partial charge in [0.25, 0.3) is 0 Å². The highest BCUT2D eigenvalue weighted by Crippen LogP contribution is 2.56. The van der Waals surface area contributed by atoms with Gasteiger partial charge >= 0.3 is 0 Å². The fourth-order valence-electron chi connectivity index (χ4n) is 11.3. The fourth-order valence-corrected chi connectivity index (χ4v) is 11.3. The Morgan fingerprint density at radius 3 is 1.31 bits per heavy atom. The van der Waals surface area contributed by atoms with Crippen molar-refractivity contribution < 1.29 is 0 Å². The van der Waals surface area contributed by atoms with E-state index in [1.54, 1.807) is 0 Å². The van der Waals surface area contributed by atoms with Crippen LogP contribution < -0.4 is 0 Å². The lowest BCUT2D eigenvalue weighted by atomic mass is 9.83. The quantitative estimate of drug-likeness (QED) is 0.156. The molecule has 0 aromatic heterocycles. The van der Waals surface area contributed by atoms with Crippen LogP contribution in [0.2, 0.25) is 0 Å². The molecule has 0 aliphatic heterocycles. The summed E-state index contributed by atoms with van der Waals surface area (Å²) in [6.07, 6.45) is 0. The van der Waals surface area contributed by atoms with Crippen LogP contribution in [0.25, 0.3) is 141 Å². The maximum absolute atomic E-state index is 2.55. The molecule has 0 bridgehead atoms. The number of hydrogen-bond acceptors (Lipinski definition) is 0. The van der Waals surface area contributed by atoms with Gasteiger partial charge in [-0.15, -0.1) is 0 Å². The van der Waals surface area contributed by atoms with Crippen molar-refractivity contribution in [1.29, 1.82) is 0 Å². The molecule has 14 rings (SSSR count). The Bertz CT molecular complexity index is 4120. The predicted molar refractivity (Wildman–Crippen MR) is 268 cm³/mol. The van der Waals surface area contributed by atoms with E-state index < -0.39 is 0 Å². The van der Waals surface area contributed by atoms with Crippen LogP contribution in [0.15, 0.2) is 218 Å². The Hall–Kier alpha value is -8.06. The molecule has 0 aliphatic rings. The van der Waals surface area contributed by atoms with Crippen LogP contribution in [0.5, 0.6) is 0 Å². The molecular weight excluding hydrogens is 745 g/mol. The molecule has 14 aromatic rings. The van der Waals surface area contributed by atoms with Crippen LogP contribution in [0.1, 0.15) is 0 Å². The molecule has 0 nitrogen and oxygen atoms in total. The molecule has 14 aromatic carbocycles. The van der Waals surface area contributed by atoms with Crippen molar-refractivity contribution in [2.75, 3.05) is 0 Å². The smallest absolute Gasteiger partial charge is 0.000697 e. The van der Waals surface area contributed by atoms with Gasteiger partial charge in [0.15, 0.2) is 0 Å². The molecule has 62 heavy (non-hydrogen) atoms. The summed E-state index contributed by atoms with van der Waals surface area (Å²) >= 11 is 0. The van der Waals surface area contributed by atoms with Crippen molar-refractivity contribution in [1.82, 2.24) is 0 Å². The van der Waals surface area contributed by atoms with Crippen molar-refractivity contribution in [3.05, 3.63) is 218 Å². The first-order chi connectivity index (χ1) is 30.8. The van der Waals surface area contributed by atoms with Crippen molar-refractivity contribution >= 4 is 97.0 Å². The third kappa shape index (κ3) is 4.61. The van der Waals surface area contributed by atoms with E-state index in [2.05, 4.69) is 218 Å². The highest BCUT2D eigenvalue weighted by molar-refractivity contribution is 6.46. The highest BCUT2D eigenvalue weighted by Gasteiger charge is 2.27. The third-order valence-electron chi connectivity index (χ3n) is 13.9. The monoisotopic (exact) mass is 780 g/mol. The number of hydrogen-bond donors (Lipinski definition) is 0. The summed E-state index contributed by atoms with van der Waals surface area (Å²) in [5.41, 5.74) is 9.92. The van der Waals surface area contributed by atoms with Gasteiger partial charge < -0.3 is 0 Å². The molecule has 0 amide bonds. The second-order valence-corrected chi connectivity index (χ2v) is 17.1. The van der Waals surface area contributed by atoms with Crippen LogP contribution in [-0.4, -0.2) is 0 Å². The van der Waals surface area contributed by atoms with E-state index in [1.165, 1.54) is 141 Å². The normalized spacial score (nSPS) is 12.2. The lowest BCUT2D eigenvalue weighted by Gasteiger charge is -2.20. The van der Waals surface area contributed by atoms with Gasteiger partial charge in [-0.05, 0) is 166 Å². The molecule has 284 valence electrons. The second kappa shape index (κ2) is 12.7. The van der Waals surface area contributed by atoms with Gasteiger partial charge in [0.1, 0.15) is 0 Å². The van der Waals surface area contributed by atoms with Gasteiger partial charge in [-0.3, -0.25) is 0 Å². The van der Waals surface area contributed by atoms with Crippen molar-refractivity contribution in [3.8, 4) is 44.5 Å². The standard InChI is InChI=1S/C62H36/c1-3-15-37(16-4-1)40-20-11-22-42(33-40)56-54-36-52-47-26-10-9-25-46(47)48-27-13-29-50(58(48)52)60(54)57(43-23-12-21-41(34-43)38-17-5-2-6-18-38)62-53-35-44-32-31-39-19-7-8-24-45(39)55(44)49-28-14-30-51(59(49)53)61(56)62/h1-36H. The van der Waals surface area contributed by atoms with Crippen LogP contribution in [0.4, 0.5) is 0 Å². The molecule has 0 heterocycles. The van der Waals surface area contributed by atoms with Crippen LogP contribution >= 0.6 is 0 Å². The van der Waals surface area contributed by atoms with Gasteiger partial charge in [0.2, 0.25) is 0 Å². The average Bonchev–Trinajstić information content (AvgIpc) is 3.85. The van der Waals surface area contributed by atoms with Gasteiger partial charge in [-0.2, -0.15) is 0 Å². The molecule has 0 saturated carbocycles. The minimum absolute atomic E-state index is 1.22. The topological polar surface area (TPSA) is 0 Å². The van der Waals surface area contributed by atoms with Crippen LogP contribution in [0.3, 0.4) is 0 Å². The van der Waals surface area contributed by atoms with Gasteiger partial charge in [-0.1, -0.05) is 194 Å². The van der Waals surface area contributed by atoms with Gasteiger partial charge in [0, 0.05) is 0 Å². The molecule has 0 aliphatic carbocycles. The Labute approximate surface area is 358 Å². The zero-order valence-corrected chi connectivity index (χ0v) is 33.8. The van der Waals surface area contributed by atoms with E-state index >= 15 is 0 Å². The molecule has 0 fully saturated rings. The van der Waals surface area contributed by atoms with E-state index in [-0.39, 0.29) is 0 Å². The van der Waals surface area contributed by atoms with Crippen molar-refractivity contribution in [2.45, 2.75) is 0 Å². The number of rotatable bonds is 4. The summed E-state index contributed by atoms with van der Waals surface area (Å²) in [4.78, 5) is 0. The maximum atomic E-state index is 2.55. The second-order valence-electron chi connectivity index (χ2n) is 17.1. The molecule has 0 saturated heterocycles. The summed E-state index contributed by atoms with van der Waals surface area (Å²) in [5.74, 6) is 0. The molecule has 0 heteroatoms. The summed E-state index contributed by atoms with van der Waals surface area (Å²) < 4.78 is 0. The summed E-state index contributed by atoms with van der Waals surface area (Å²) in [7, 11) is 0. The zero-order valence-electron chi connectivity index (χ0n) is 33.8. The number of benzene rings is 12. The summed E-state index contributed by atoms with van der Waals surface area (Å²) in [5, 5.41) is 23.5.